The Morgan fingerprint density at radius 1 is 1.24 bits per heavy atom. The molecular formula is C21H23N7O4S. The molecular weight excluding hydrogens is 446 g/mol. The van der Waals surface area contributed by atoms with Gasteiger partial charge in [0.05, 0.1) is 30.5 Å². The molecule has 172 valence electrons. The molecule has 0 bridgehead atoms. The molecule has 0 unspecified atom stereocenters. The summed E-state index contributed by atoms with van der Waals surface area (Å²) in [6, 6.07) is 3.75. The summed E-state index contributed by atoms with van der Waals surface area (Å²) in [6.07, 6.45) is 5.42. The van der Waals surface area contributed by atoms with Crippen LogP contribution in [0.4, 0.5) is 0 Å². The highest BCUT2D eigenvalue weighted by Gasteiger charge is 2.40. The summed E-state index contributed by atoms with van der Waals surface area (Å²) in [5.41, 5.74) is 1.57. The van der Waals surface area contributed by atoms with Gasteiger partial charge in [-0.3, -0.25) is 19.5 Å². The SMILES string of the molecule is CC(C)(C)Cn1c(CN2C(=O)C3=C(CN(NS(C)(=O)=O)C=C3)C2=O)cc2cnc(C#N)nc21. The Bertz CT molecular complexity index is 1390. The number of imide groups is 1. The van der Waals surface area contributed by atoms with Crippen LogP contribution in [0, 0.1) is 16.7 Å². The highest BCUT2D eigenvalue weighted by atomic mass is 32.2. The van der Waals surface area contributed by atoms with E-state index in [-0.39, 0.29) is 35.5 Å². The molecule has 0 aromatic carbocycles. The van der Waals surface area contributed by atoms with Crippen LogP contribution >= 0.6 is 0 Å². The van der Waals surface area contributed by atoms with E-state index in [2.05, 4.69) is 35.6 Å². The van der Waals surface area contributed by atoms with Crippen LogP contribution in [0.5, 0.6) is 0 Å². The third kappa shape index (κ3) is 4.50. The number of carbonyl (C=O) groups excluding carboxylic acids is 2. The van der Waals surface area contributed by atoms with Crippen LogP contribution in [0.25, 0.3) is 11.0 Å². The van der Waals surface area contributed by atoms with E-state index in [1.165, 1.54) is 17.3 Å². The summed E-state index contributed by atoms with van der Waals surface area (Å²) >= 11 is 0. The number of rotatable bonds is 5. The van der Waals surface area contributed by atoms with E-state index in [9.17, 15) is 23.3 Å². The Labute approximate surface area is 191 Å². The monoisotopic (exact) mass is 469 g/mol. The van der Waals surface area contributed by atoms with E-state index in [0.717, 1.165) is 11.2 Å². The van der Waals surface area contributed by atoms with E-state index >= 15 is 0 Å². The fourth-order valence-corrected chi connectivity index (χ4v) is 4.42. The number of sulfonamides is 1. The first kappa shape index (κ1) is 22.6. The zero-order valence-electron chi connectivity index (χ0n) is 18.7. The molecule has 0 fully saturated rings. The number of hydrogen-bond acceptors (Lipinski definition) is 8. The third-order valence-corrected chi connectivity index (χ3v) is 5.68. The molecule has 0 radical (unpaired) electrons. The normalized spacial score (nSPS) is 16.7. The molecule has 0 spiro atoms. The molecule has 0 saturated carbocycles. The van der Waals surface area contributed by atoms with Crippen molar-refractivity contribution in [3.8, 4) is 6.07 Å². The van der Waals surface area contributed by atoms with E-state index in [4.69, 9.17) is 0 Å². The van der Waals surface area contributed by atoms with Crippen molar-refractivity contribution in [3.63, 3.8) is 0 Å². The number of hydrogen-bond donors (Lipinski definition) is 1. The Balaban J connectivity index is 1.66. The van der Waals surface area contributed by atoms with E-state index in [1.807, 2.05) is 16.7 Å². The zero-order valence-corrected chi connectivity index (χ0v) is 19.5. The Morgan fingerprint density at radius 2 is 1.97 bits per heavy atom. The zero-order chi connectivity index (χ0) is 24.1. The van der Waals surface area contributed by atoms with Gasteiger partial charge < -0.3 is 4.57 Å². The second kappa shape index (κ2) is 7.79. The number of aromatic nitrogens is 3. The fourth-order valence-electron chi connectivity index (χ4n) is 3.87. The minimum Gasteiger partial charge on any atom is -0.327 e. The topological polar surface area (TPSA) is 141 Å². The summed E-state index contributed by atoms with van der Waals surface area (Å²) in [6.45, 7) is 6.65. The predicted molar refractivity (Wildman–Crippen MR) is 118 cm³/mol. The van der Waals surface area contributed by atoms with Crippen molar-refractivity contribution >= 4 is 32.9 Å². The molecule has 33 heavy (non-hydrogen) atoms. The molecule has 12 heteroatoms. The first-order valence-electron chi connectivity index (χ1n) is 10.1. The minimum atomic E-state index is -3.54. The molecule has 4 rings (SSSR count). The number of carbonyl (C=O) groups is 2. The quantitative estimate of drug-likeness (QED) is 0.634. The van der Waals surface area contributed by atoms with Gasteiger partial charge in [-0.05, 0) is 17.6 Å². The van der Waals surface area contributed by atoms with Crippen LogP contribution in [0.2, 0.25) is 0 Å². The van der Waals surface area contributed by atoms with Crippen molar-refractivity contribution in [1.82, 2.24) is 29.3 Å². The number of amides is 2. The molecule has 0 saturated heterocycles. The van der Waals surface area contributed by atoms with Gasteiger partial charge in [0.2, 0.25) is 15.8 Å². The lowest BCUT2D eigenvalue weighted by molar-refractivity contribution is -0.138. The molecule has 0 atom stereocenters. The van der Waals surface area contributed by atoms with Gasteiger partial charge >= 0.3 is 0 Å². The van der Waals surface area contributed by atoms with Crippen LogP contribution in [0.1, 0.15) is 32.3 Å². The summed E-state index contributed by atoms with van der Waals surface area (Å²) in [5.74, 6) is -0.881. The third-order valence-electron chi connectivity index (χ3n) is 5.11. The number of fused-ring (bicyclic) bond motifs is 1. The maximum absolute atomic E-state index is 13.1. The summed E-state index contributed by atoms with van der Waals surface area (Å²) in [4.78, 5) is 37.9. The number of hydrazine groups is 1. The van der Waals surface area contributed by atoms with Gasteiger partial charge in [0, 0.05) is 30.0 Å². The maximum atomic E-state index is 13.1. The summed E-state index contributed by atoms with van der Waals surface area (Å²) < 4.78 is 25.0. The molecule has 4 heterocycles. The largest absolute Gasteiger partial charge is 0.327 e. The molecule has 0 aliphatic carbocycles. The Kier molecular flexibility index (Phi) is 5.34. The first-order valence-corrected chi connectivity index (χ1v) is 12.0. The summed E-state index contributed by atoms with van der Waals surface area (Å²) in [7, 11) is -3.54. The predicted octanol–water partition coefficient (Wildman–Crippen LogP) is 0.808. The molecule has 1 N–H and O–H groups in total. The second-order valence-corrected chi connectivity index (χ2v) is 11.0. The number of nitrogens with one attached hydrogen (secondary N) is 1. The van der Waals surface area contributed by atoms with Crippen LogP contribution in [-0.4, -0.2) is 57.5 Å². The van der Waals surface area contributed by atoms with Gasteiger partial charge in [-0.1, -0.05) is 20.8 Å². The standard InChI is InChI=1S/C21H23N7O4S/c1-21(2,3)12-28-14(7-13-9-23-17(8-22)24-18(13)28)10-27-19(29)15-5-6-26(25-33(4,31)32)11-16(15)20(27)30/h5-7,9,25H,10-12H2,1-4H3. The lowest BCUT2D eigenvalue weighted by Crippen LogP contribution is -2.41. The van der Waals surface area contributed by atoms with E-state index in [1.54, 1.807) is 6.20 Å². The first-order chi connectivity index (χ1) is 15.4. The van der Waals surface area contributed by atoms with Crippen molar-refractivity contribution in [2.24, 2.45) is 5.41 Å². The van der Waals surface area contributed by atoms with Crippen molar-refractivity contribution in [1.29, 1.82) is 5.26 Å². The Hall–Kier alpha value is -3.56. The lowest BCUT2D eigenvalue weighted by Gasteiger charge is -2.24. The van der Waals surface area contributed by atoms with Gasteiger partial charge in [0.1, 0.15) is 11.7 Å². The van der Waals surface area contributed by atoms with Crippen LogP contribution in [0.15, 0.2) is 35.7 Å². The van der Waals surface area contributed by atoms with Crippen molar-refractivity contribution in [2.75, 3.05) is 12.8 Å². The van der Waals surface area contributed by atoms with Crippen LogP contribution < -0.4 is 4.83 Å². The van der Waals surface area contributed by atoms with Crippen molar-refractivity contribution in [2.45, 2.75) is 33.9 Å². The van der Waals surface area contributed by atoms with Crippen molar-refractivity contribution in [3.05, 3.63) is 47.2 Å². The molecule has 2 aliphatic rings. The molecule has 11 nitrogen and oxygen atoms in total. The second-order valence-electron chi connectivity index (χ2n) is 9.26. The van der Waals surface area contributed by atoms with Gasteiger partial charge in [-0.15, -0.1) is 4.83 Å². The van der Waals surface area contributed by atoms with Gasteiger partial charge in [-0.25, -0.2) is 18.4 Å². The Morgan fingerprint density at radius 3 is 2.61 bits per heavy atom. The lowest BCUT2D eigenvalue weighted by atomic mass is 9.97. The van der Waals surface area contributed by atoms with Crippen molar-refractivity contribution < 1.29 is 18.0 Å². The van der Waals surface area contributed by atoms with E-state index in [0.29, 0.717) is 23.3 Å². The highest BCUT2D eigenvalue weighted by molar-refractivity contribution is 7.88. The molecule has 2 aromatic rings. The number of nitrogens with zero attached hydrogens (tertiary/aromatic N) is 6. The average Bonchev–Trinajstić information content (AvgIpc) is 3.15. The van der Waals surface area contributed by atoms with Crippen LogP contribution in [-0.2, 0) is 32.7 Å². The fraction of sp³-hybridized carbons (Fsp3) is 0.381. The molecule has 2 aromatic heterocycles. The number of nitriles is 1. The van der Waals surface area contributed by atoms with E-state index < -0.39 is 21.8 Å². The molecule has 2 aliphatic heterocycles. The summed E-state index contributed by atoms with van der Waals surface area (Å²) in [5, 5.41) is 11.1. The molecule has 2 amide bonds. The smallest absolute Gasteiger partial charge is 0.261 e. The minimum absolute atomic E-state index is 0.00629. The maximum Gasteiger partial charge on any atom is 0.261 e. The van der Waals surface area contributed by atoms with Gasteiger partial charge in [0.15, 0.2) is 0 Å². The van der Waals surface area contributed by atoms with Gasteiger partial charge in [-0.2, -0.15) is 5.26 Å². The average molecular weight is 470 g/mol. The van der Waals surface area contributed by atoms with Gasteiger partial charge in [0.25, 0.3) is 11.8 Å². The highest BCUT2D eigenvalue weighted by Crippen LogP contribution is 2.30. The van der Waals surface area contributed by atoms with Crippen LogP contribution in [0.3, 0.4) is 0 Å².